The predicted molar refractivity (Wildman–Crippen MR) is 97.3 cm³/mol. The van der Waals surface area contributed by atoms with Gasteiger partial charge in [-0.05, 0) is 36.4 Å². The Bertz CT molecular complexity index is 788. The quantitative estimate of drug-likeness (QED) is 0.826. The van der Waals surface area contributed by atoms with Crippen molar-refractivity contribution >= 4 is 35.2 Å². The van der Waals surface area contributed by atoms with Gasteiger partial charge >= 0.3 is 5.97 Å². The van der Waals surface area contributed by atoms with E-state index in [1.54, 1.807) is 41.3 Å². The molecule has 0 unspecified atom stereocenters. The van der Waals surface area contributed by atoms with E-state index in [1.165, 1.54) is 25.1 Å². The molecule has 26 heavy (non-hydrogen) atoms. The molecule has 2 aromatic rings. The number of hydrogen-bond donors (Lipinski definition) is 1. The number of furan rings is 1. The van der Waals surface area contributed by atoms with Crippen LogP contribution in [0.25, 0.3) is 0 Å². The molecule has 0 spiro atoms. The molecule has 2 heterocycles. The highest BCUT2D eigenvalue weighted by molar-refractivity contribution is 8.00. The van der Waals surface area contributed by atoms with E-state index in [0.29, 0.717) is 30.1 Å². The van der Waals surface area contributed by atoms with E-state index in [-0.39, 0.29) is 28.8 Å². The molecule has 0 bridgehead atoms. The summed E-state index contributed by atoms with van der Waals surface area (Å²) in [6.07, 6.45) is 1.43. The van der Waals surface area contributed by atoms with Crippen molar-refractivity contribution in [3.63, 3.8) is 0 Å². The molecular weight excluding hydrogens is 356 g/mol. The number of ether oxygens (including phenoxy) is 1. The van der Waals surface area contributed by atoms with Crippen molar-refractivity contribution < 1.29 is 23.5 Å². The molecule has 1 saturated heterocycles. The molecule has 3 rings (SSSR count). The number of carbonyl (C=O) groups excluding carboxylic acids is 3. The van der Waals surface area contributed by atoms with Gasteiger partial charge in [0.15, 0.2) is 5.76 Å². The zero-order chi connectivity index (χ0) is 18.5. The Balaban J connectivity index is 1.63. The van der Waals surface area contributed by atoms with Crippen molar-refractivity contribution in [3.05, 3.63) is 54.0 Å². The zero-order valence-corrected chi connectivity index (χ0v) is 15.0. The smallest absolute Gasteiger partial charge is 0.320 e. The summed E-state index contributed by atoms with van der Waals surface area (Å²) in [6.45, 7) is 0.904. The van der Waals surface area contributed by atoms with Crippen molar-refractivity contribution in [3.8, 4) is 0 Å². The third kappa shape index (κ3) is 4.08. The summed E-state index contributed by atoms with van der Waals surface area (Å²) in [5.41, 5.74) is 1.06. The lowest BCUT2D eigenvalue weighted by molar-refractivity contribution is -0.140. The lowest BCUT2D eigenvalue weighted by Crippen LogP contribution is -2.44. The lowest BCUT2D eigenvalue weighted by atomic mass is 10.1. The number of rotatable bonds is 4. The fourth-order valence-electron chi connectivity index (χ4n) is 2.59. The van der Waals surface area contributed by atoms with Gasteiger partial charge in [0, 0.05) is 30.1 Å². The van der Waals surface area contributed by atoms with Crippen LogP contribution in [0.3, 0.4) is 0 Å². The molecule has 0 aliphatic carbocycles. The summed E-state index contributed by atoms with van der Waals surface area (Å²) in [4.78, 5) is 37.9. The molecule has 8 heteroatoms. The molecule has 136 valence electrons. The molecule has 7 nitrogen and oxygen atoms in total. The Labute approximate surface area is 154 Å². The van der Waals surface area contributed by atoms with Gasteiger partial charge < -0.3 is 19.4 Å². The van der Waals surface area contributed by atoms with E-state index < -0.39 is 0 Å². The first-order valence-corrected chi connectivity index (χ1v) is 9.07. The van der Waals surface area contributed by atoms with Gasteiger partial charge in [0.05, 0.1) is 13.4 Å². The topological polar surface area (TPSA) is 88.9 Å². The lowest BCUT2D eigenvalue weighted by Gasteiger charge is -2.31. The highest BCUT2D eigenvalue weighted by Crippen LogP contribution is 2.22. The summed E-state index contributed by atoms with van der Waals surface area (Å²) >= 11 is 1.50. The summed E-state index contributed by atoms with van der Waals surface area (Å²) in [7, 11) is 1.35. The van der Waals surface area contributed by atoms with Gasteiger partial charge in [-0.3, -0.25) is 14.4 Å². The minimum absolute atomic E-state index is 0.150. The minimum atomic E-state index is -0.358. The van der Waals surface area contributed by atoms with Crippen molar-refractivity contribution in [2.45, 2.75) is 5.25 Å². The van der Waals surface area contributed by atoms with E-state index in [1.807, 2.05) is 0 Å². The average Bonchev–Trinajstić information content (AvgIpc) is 3.22. The van der Waals surface area contributed by atoms with Gasteiger partial charge in [0.2, 0.25) is 0 Å². The second-order valence-corrected chi connectivity index (χ2v) is 6.95. The summed E-state index contributed by atoms with van der Waals surface area (Å²) < 4.78 is 9.80. The first-order valence-electron chi connectivity index (χ1n) is 8.02. The third-order valence-electron chi connectivity index (χ3n) is 3.95. The Morgan fingerprint density at radius 1 is 1.23 bits per heavy atom. The van der Waals surface area contributed by atoms with E-state index in [0.717, 1.165) is 0 Å². The van der Waals surface area contributed by atoms with Gasteiger partial charge in [0.25, 0.3) is 11.8 Å². The SMILES string of the molecule is COC(=O)[C@@H]1CN(C(=O)c2ccc(NC(=O)c3ccco3)cc2)CCS1. The molecule has 2 amide bonds. The molecule has 1 aliphatic rings. The van der Waals surface area contributed by atoms with Crippen LogP contribution in [0.4, 0.5) is 5.69 Å². The van der Waals surface area contributed by atoms with Crippen LogP contribution in [-0.4, -0.2) is 53.9 Å². The molecule has 1 fully saturated rings. The Morgan fingerprint density at radius 3 is 2.65 bits per heavy atom. The summed E-state index contributed by atoms with van der Waals surface area (Å²) in [5.74, 6) is 0.0717. The van der Waals surface area contributed by atoms with Crippen LogP contribution >= 0.6 is 11.8 Å². The average molecular weight is 374 g/mol. The van der Waals surface area contributed by atoms with Crippen LogP contribution in [0.15, 0.2) is 47.1 Å². The highest BCUT2D eigenvalue weighted by atomic mass is 32.2. The number of benzene rings is 1. The maximum Gasteiger partial charge on any atom is 0.320 e. The van der Waals surface area contributed by atoms with Crippen molar-refractivity contribution in [2.24, 2.45) is 0 Å². The first kappa shape index (κ1) is 18.1. The van der Waals surface area contributed by atoms with Gasteiger partial charge in [0.1, 0.15) is 5.25 Å². The number of carbonyl (C=O) groups is 3. The molecule has 1 aromatic carbocycles. The maximum atomic E-state index is 12.6. The fraction of sp³-hybridized carbons (Fsp3) is 0.278. The van der Waals surface area contributed by atoms with Crippen LogP contribution in [0.5, 0.6) is 0 Å². The van der Waals surface area contributed by atoms with Gasteiger partial charge in [-0.2, -0.15) is 0 Å². The second-order valence-electron chi connectivity index (χ2n) is 5.64. The van der Waals surface area contributed by atoms with E-state index >= 15 is 0 Å². The van der Waals surface area contributed by atoms with Crippen molar-refractivity contribution in [1.29, 1.82) is 0 Å². The molecule has 0 saturated carbocycles. The number of methoxy groups -OCH3 is 1. The van der Waals surface area contributed by atoms with Crippen LogP contribution in [0, 0.1) is 0 Å². The zero-order valence-electron chi connectivity index (χ0n) is 14.1. The number of thioether (sulfide) groups is 1. The molecule has 1 N–H and O–H groups in total. The Morgan fingerprint density at radius 2 is 2.00 bits per heavy atom. The largest absolute Gasteiger partial charge is 0.468 e. The Kier molecular flexibility index (Phi) is 5.62. The summed E-state index contributed by atoms with van der Waals surface area (Å²) in [5, 5.41) is 2.34. The van der Waals surface area contributed by atoms with Crippen LogP contribution in [-0.2, 0) is 9.53 Å². The highest BCUT2D eigenvalue weighted by Gasteiger charge is 2.30. The Hall–Kier alpha value is -2.74. The normalized spacial score (nSPS) is 16.8. The number of nitrogens with one attached hydrogen (secondary N) is 1. The van der Waals surface area contributed by atoms with Gasteiger partial charge in [-0.1, -0.05) is 0 Å². The molecule has 0 radical (unpaired) electrons. The van der Waals surface area contributed by atoms with Crippen LogP contribution in [0.1, 0.15) is 20.9 Å². The van der Waals surface area contributed by atoms with E-state index in [4.69, 9.17) is 9.15 Å². The summed E-state index contributed by atoms with van der Waals surface area (Å²) in [6, 6.07) is 9.81. The fourth-order valence-corrected chi connectivity index (χ4v) is 3.71. The van der Waals surface area contributed by atoms with Crippen LogP contribution < -0.4 is 5.32 Å². The van der Waals surface area contributed by atoms with Crippen molar-refractivity contribution in [2.75, 3.05) is 31.3 Å². The third-order valence-corrected chi connectivity index (χ3v) is 5.11. The molecule has 1 aliphatic heterocycles. The van der Waals surface area contributed by atoms with Gasteiger partial charge in [-0.25, -0.2) is 0 Å². The maximum absolute atomic E-state index is 12.6. The number of esters is 1. The number of nitrogens with zero attached hydrogens (tertiary/aromatic N) is 1. The first-order chi connectivity index (χ1) is 12.6. The molecule has 1 atom stereocenters. The number of anilines is 1. The van der Waals surface area contributed by atoms with Gasteiger partial charge in [-0.15, -0.1) is 11.8 Å². The second kappa shape index (κ2) is 8.09. The number of amides is 2. The molecular formula is C18H18N2O5S. The van der Waals surface area contributed by atoms with Crippen LogP contribution in [0.2, 0.25) is 0 Å². The van der Waals surface area contributed by atoms with Crippen molar-refractivity contribution in [1.82, 2.24) is 4.90 Å². The predicted octanol–water partition coefficient (Wildman–Crippen LogP) is 2.26. The van der Waals surface area contributed by atoms with E-state index in [9.17, 15) is 14.4 Å². The van der Waals surface area contributed by atoms with E-state index in [2.05, 4.69) is 5.32 Å². The molecule has 1 aromatic heterocycles. The standard InChI is InChI=1S/C18H18N2O5S/c1-24-18(23)15-11-20(8-10-26-15)17(22)12-4-6-13(7-5-12)19-16(21)14-3-2-9-25-14/h2-7,9,15H,8,10-11H2,1H3,(H,19,21)/t15-/m0/s1. The minimum Gasteiger partial charge on any atom is -0.468 e. The number of hydrogen-bond acceptors (Lipinski definition) is 6. The monoisotopic (exact) mass is 374 g/mol.